The van der Waals surface area contributed by atoms with Gasteiger partial charge >= 0.3 is 11.9 Å². The fourth-order valence-corrected chi connectivity index (χ4v) is 4.45. The molecule has 1 amide bonds. The van der Waals surface area contributed by atoms with Gasteiger partial charge < -0.3 is 19.9 Å². The highest BCUT2D eigenvalue weighted by molar-refractivity contribution is 6.12. The zero-order valence-corrected chi connectivity index (χ0v) is 20.9. The Balaban J connectivity index is 1.40. The Bertz CT molecular complexity index is 1720. The largest absolute Gasteiger partial charge is 0.490 e. The number of carbonyl (C=O) groups is 1. The maximum atomic E-state index is 13.0. The van der Waals surface area contributed by atoms with E-state index in [-0.39, 0.29) is 30.3 Å². The normalized spacial score (nSPS) is 12.4. The number of pyridine rings is 1. The number of nitro groups is 1. The highest BCUT2D eigenvalue weighted by Gasteiger charge is 2.31. The molecule has 0 bridgehead atoms. The van der Waals surface area contributed by atoms with E-state index < -0.39 is 22.2 Å². The van der Waals surface area contributed by atoms with Gasteiger partial charge in [-0.25, -0.2) is 0 Å². The topological polar surface area (TPSA) is 116 Å². The fourth-order valence-electron chi connectivity index (χ4n) is 4.45. The number of amides is 1. The molecule has 5 rings (SSSR count). The minimum Gasteiger partial charge on any atom is -0.490 e. The summed E-state index contributed by atoms with van der Waals surface area (Å²) in [4.78, 5) is 35.8. The average molecular weight is 550 g/mol. The van der Waals surface area contributed by atoms with Gasteiger partial charge in [-0.3, -0.25) is 19.7 Å². The van der Waals surface area contributed by atoms with Gasteiger partial charge in [0.15, 0.2) is 5.75 Å². The average Bonchev–Trinajstić information content (AvgIpc) is 3.06. The predicted molar refractivity (Wildman–Crippen MR) is 142 cm³/mol. The second-order valence-corrected chi connectivity index (χ2v) is 9.06. The Hall–Kier alpha value is -5.13. The number of nitrogens with one attached hydrogen (secondary N) is 2. The summed E-state index contributed by atoms with van der Waals surface area (Å²) in [6.45, 7) is 0.0190. The Morgan fingerprint density at radius 3 is 2.38 bits per heavy atom. The Morgan fingerprint density at radius 1 is 0.900 bits per heavy atom. The van der Waals surface area contributed by atoms with Crippen molar-refractivity contribution >= 4 is 28.7 Å². The summed E-state index contributed by atoms with van der Waals surface area (Å²) in [6.07, 6.45) is -3.51. The molecule has 204 valence electrons. The molecule has 0 atom stereocenters. The molecule has 12 heteroatoms. The summed E-state index contributed by atoms with van der Waals surface area (Å²) >= 11 is 0. The molecule has 2 heterocycles. The molecule has 0 aliphatic carbocycles. The minimum absolute atomic E-state index is 0.0190. The smallest absolute Gasteiger partial charge is 0.417 e. The third-order valence-electron chi connectivity index (χ3n) is 6.53. The van der Waals surface area contributed by atoms with Crippen LogP contribution in [0.3, 0.4) is 0 Å². The van der Waals surface area contributed by atoms with E-state index in [1.165, 1.54) is 13.2 Å². The van der Waals surface area contributed by atoms with E-state index in [1.54, 1.807) is 48.5 Å². The summed E-state index contributed by atoms with van der Waals surface area (Å²) in [7, 11) is 1.35. The number of benzene rings is 3. The zero-order chi connectivity index (χ0) is 28.6. The van der Waals surface area contributed by atoms with Gasteiger partial charge in [-0.15, -0.1) is 0 Å². The third-order valence-corrected chi connectivity index (χ3v) is 6.53. The number of nitro benzene ring substituents is 1. The molecule has 1 aliphatic heterocycles. The van der Waals surface area contributed by atoms with Crippen molar-refractivity contribution in [2.45, 2.75) is 19.1 Å². The van der Waals surface area contributed by atoms with Crippen LogP contribution in [0.2, 0.25) is 0 Å². The summed E-state index contributed by atoms with van der Waals surface area (Å²) < 4.78 is 45.3. The molecule has 0 spiro atoms. The van der Waals surface area contributed by atoms with Crippen molar-refractivity contribution in [3.05, 3.63) is 110 Å². The van der Waals surface area contributed by atoms with Crippen LogP contribution >= 0.6 is 0 Å². The second kappa shape index (κ2) is 10.2. The number of rotatable bonds is 6. The summed E-state index contributed by atoms with van der Waals surface area (Å²) in [5.74, 6) is -0.270. The first kappa shape index (κ1) is 26.5. The van der Waals surface area contributed by atoms with Crippen molar-refractivity contribution in [3.63, 3.8) is 0 Å². The molecule has 4 aromatic rings. The lowest BCUT2D eigenvalue weighted by Crippen LogP contribution is -2.22. The van der Waals surface area contributed by atoms with Crippen molar-refractivity contribution in [1.29, 1.82) is 0 Å². The molecule has 0 unspecified atom stereocenters. The first-order valence-electron chi connectivity index (χ1n) is 12.0. The Morgan fingerprint density at radius 2 is 1.65 bits per heavy atom. The van der Waals surface area contributed by atoms with Gasteiger partial charge in [-0.2, -0.15) is 13.2 Å². The summed E-state index contributed by atoms with van der Waals surface area (Å²) in [5.41, 5.74) is 2.36. The van der Waals surface area contributed by atoms with Crippen LogP contribution in [-0.2, 0) is 19.1 Å². The minimum atomic E-state index is -4.56. The third kappa shape index (κ3) is 5.23. The number of hydrogen-bond acceptors (Lipinski definition) is 6. The van der Waals surface area contributed by atoms with Crippen LogP contribution in [0.5, 0.6) is 5.75 Å². The molecule has 1 aliphatic rings. The van der Waals surface area contributed by atoms with Crippen molar-refractivity contribution < 1.29 is 27.6 Å². The lowest BCUT2D eigenvalue weighted by Gasteiger charge is -2.13. The Kier molecular flexibility index (Phi) is 6.76. The number of fused-ring (bicyclic) bond motifs is 2. The van der Waals surface area contributed by atoms with Crippen LogP contribution in [0.15, 0.2) is 77.7 Å². The standard InChI is InChI=1S/C28H21F3N4O5/c1-40-25-14-18(4-8-24(25)35(38)39)17-3-6-20-22(13-17)32-21-7-2-16(12-23(21)33-27(20)37)10-11-34-15-19(28(29,30)31)5-9-26(34)36/h2-9,12-15,32H,10-11H2,1H3,(H,33,37). The first-order valence-corrected chi connectivity index (χ1v) is 12.0. The van der Waals surface area contributed by atoms with E-state index >= 15 is 0 Å². The Labute approximate surface area is 225 Å². The molecule has 40 heavy (non-hydrogen) atoms. The molecule has 0 saturated heterocycles. The molecular weight excluding hydrogens is 529 g/mol. The van der Waals surface area contributed by atoms with E-state index in [4.69, 9.17) is 4.74 Å². The monoisotopic (exact) mass is 550 g/mol. The van der Waals surface area contributed by atoms with Gasteiger partial charge in [0.25, 0.3) is 11.5 Å². The highest BCUT2D eigenvalue weighted by Crippen LogP contribution is 2.37. The quantitative estimate of drug-likeness (QED) is 0.225. The SMILES string of the molecule is COc1cc(-c2ccc3c(c2)Nc2ccc(CCn4cc(C(F)(F)F)ccc4=O)cc2NC3=O)ccc1[N+](=O)[O-]. The highest BCUT2D eigenvalue weighted by atomic mass is 19.4. The van der Waals surface area contributed by atoms with Gasteiger partial charge in [0.2, 0.25) is 0 Å². The molecule has 9 nitrogen and oxygen atoms in total. The lowest BCUT2D eigenvalue weighted by molar-refractivity contribution is -0.385. The van der Waals surface area contributed by atoms with E-state index in [0.717, 1.165) is 22.9 Å². The van der Waals surface area contributed by atoms with E-state index in [2.05, 4.69) is 10.6 Å². The number of methoxy groups -OCH3 is 1. The van der Waals surface area contributed by atoms with Crippen LogP contribution in [0.4, 0.5) is 35.9 Å². The predicted octanol–water partition coefficient (Wildman–Crippen LogP) is 6.00. The number of nitrogens with zero attached hydrogens (tertiary/aromatic N) is 2. The van der Waals surface area contributed by atoms with Crippen molar-refractivity contribution in [2.75, 3.05) is 17.7 Å². The van der Waals surface area contributed by atoms with E-state index in [0.29, 0.717) is 39.3 Å². The number of aromatic nitrogens is 1. The van der Waals surface area contributed by atoms with Crippen LogP contribution < -0.4 is 20.9 Å². The number of halogens is 3. The maximum Gasteiger partial charge on any atom is 0.417 e. The number of carbonyl (C=O) groups excluding carboxylic acids is 1. The molecule has 0 fully saturated rings. The zero-order valence-electron chi connectivity index (χ0n) is 20.9. The number of alkyl halides is 3. The van der Waals surface area contributed by atoms with Crippen LogP contribution in [0, 0.1) is 10.1 Å². The molecule has 0 saturated carbocycles. The van der Waals surface area contributed by atoms with Crippen molar-refractivity contribution in [3.8, 4) is 16.9 Å². The van der Waals surface area contributed by atoms with Crippen molar-refractivity contribution in [1.82, 2.24) is 4.57 Å². The first-order chi connectivity index (χ1) is 19.0. The fraction of sp³-hybridized carbons (Fsp3) is 0.143. The molecular formula is C28H21F3N4O5. The van der Waals surface area contributed by atoms with Gasteiger partial charge in [-0.05, 0) is 65.6 Å². The van der Waals surface area contributed by atoms with E-state index in [1.807, 2.05) is 0 Å². The molecule has 1 aromatic heterocycles. The number of hydrogen-bond donors (Lipinski definition) is 2. The van der Waals surface area contributed by atoms with Gasteiger partial charge in [-0.1, -0.05) is 12.1 Å². The molecule has 3 aromatic carbocycles. The maximum absolute atomic E-state index is 13.0. The van der Waals surface area contributed by atoms with Gasteiger partial charge in [0, 0.05) is 24.9 Å². The van der Waals surface area contributed by atoms with Crippen LogP contribution in [0.1, 0.15) is 21.5 Å². The number of aryl methyl sites for hydroxylation is 2. The van der Waals surface area contributed by atoms with E-state index in [9.17, 15) is 32.9 Å². The number of anilines is 3. The molecule has 0 radical (unpaired) electrons. The molecule has 2 N–H and O–H groups in total. The number of ether oxygens (including phenoxy) is 1. The van der Waals surface area contributed by atoms with Crippen LogP contribution in [0.25, 0.3) is 11.1 Å². The van der Waals surface area contributed by atoms with Crippen LogP contribution in [-0.4, -0.2) is 22.5 Å². The van der Waals surface area contributed by atoms with Gasteiger partial charge in [0.05, 0.1) is 40.2 Å². The summed E-state index contributed by atoms with van der Waals surface area (Å²) in [5, 5.41) is 17.3. The second-order valence-electron chi connectivity index (χ2n) is 9.06. The van der Waals surface area contributed by atoms with Crippen molar-refractivity contribution in [2.24, 2.45) is 0 Å². The summed E-state index contributed by atoms with van der Waals surface area (Å²) in [6, 6.07) is 16.4. The van der Waals surface area contributed by atoms with Gasteiger partial charge in [0.1, 0.15) is 0 Å². The lowest BCUT2D eigenvalue weighted by atomic mass is 10.0.